The van der Waals surface area contributed by atoms with Crippen molar-refractivity contribution in [3.8, 4) is 5.75 Å². The molecule has 0 saturated carbocycles. The Hall–Kier alpha value is -1.49. The maximum atomic E-state index is 12.4. The number of aliphatic imine (C=N–C) groups is 1. The van der Waals surface area contributed by atoms with Gasteiger partial charge in [0.15, 0.2) is 11.7 Å². The molecule has 0 atom stereocenters. The molecule has 3 N–H and O–H groups in total. The molecule has 0 amide bonds. The molecule has 0 radical (unpaired) electrons. The molecular weight excluding hydrogens is 502 g/mol. The number of guanidine groups is 1. The number of nitrogens with zero attached hydrogens (tertiary/aromatic N) is 1. The van der Waals surface area contributed by atoms with Crippen LogP contribution in [0.3, 0.4) is 0 Å². The summed E-state index contributed by atoms with van der Waals surface area (Å²) in [7, 11) is 0. The van der Waals surface area contributed by atoms with Crippen LogP contribution in [0.2, 0.25) is 0 Å². The summed E-state index contributed by atoms with van der Waals surface area (Å²) in [6.45, 7) is 0.292. The lowest BCUT2D eigenvalue weighted by atomic mass is 10.2. The molecular formula is C15H14BrF3IN3O. The van der Waals surface area contributed by atoms with Gasteiger partial charge in [-0.15, -0.1) is 37.1 Å². The first-order valence-electron chi connectivity index (χ1n) is 6.49. The molecule has 4 nitrogen and oxygen atoms in total. The van der Waals surface area contributed by atoms with Crippen LogP contribution in [0.4, 0.5) is 18.9 Å². The molecule has 130 valence electrons. The Balaban J connectivity index is 0.00000288. The van der Waals surface area contributed by atoms with Gasteiger partial charge in [-0.3, -0.25) is 0 Å². The Labute approximate surface area is 162 Å². The van der Waals surface area contributed by atoms with E-state index in [0.29, 0.717) is 6.54 Å². The number of benzene rings is 2. The second-order valence-corrected chi connectivity index (χ2v) is 5.42. The number of ether oxygens (including phenoxy) is 1. The second kappa shape index (κ2) is 9.11. The summed E-state index contributed by atoms with van der Waals surface area (Å²) >= 11 is 3.34. The minimum absolute atomic E-state index is 0. The first kappa shape index (κ1) is 20.6. The number of hydrogen-bond acceptors (Lipinski definition) is 2. The molecule has 0 fully saturated rings. The van der Waals surface area contributed by atoms with E-state index in [0.717, 1.165) is 10.0 Å². The summed E-state index contributed by atoms with van der Waals surface area (Å²) in [5, 5.41) is 2.61. The number of rotatable bonds is 4. The molecule has 2 rings (SSSR count). The number of para-hydroxylation sites is 2. The first-order chi connectivity index (χ1) is 10.8. The molecule has 2 aromatic carbocycles. The predicted molar refractivity (Wildman–Crippen MR) is 102 cm³/mol. The van der Waals surface area contributed by atoms with Crippen LogP contribution in [0.5, 0.6) is 5.75 Å². The average molecular weight is 516 g/mol. The minimum Gasteiger partial charge on any atom is -0.404 e. The zero-order chi connectivity index (χ0) is 16.9. The first-order valence-corrected chi connectivity index (χ1v) is 7.29. The van der Waals surface area contributed by atoms with Crippen molar-refractivity contribution >= 4 is 51.6 Å². The molecule has 0 saturated heterocycles. The Morgan fingerprint density at radius 3 is 2.54 bits per heavy atom. The minimum atomic E-state index is -4.78. The van der Waals surface area contributed by atoms with E-state index in [1.807, 2.05) is 24.3 Å². The van der Waals surface area contributed by atoms with Crippen LogP contribution < -0.4 is 15.8 Å². The van der Waals surface area contributed by atoms with Crippen molar-refractivity contribution in [3.63, 3.8) is 0 Å². The van der Waals surface area contributed by atoms with E-state index >= 15 is 0 Å². The summed E-state index contributed by atoms with van der Waals surface area (Å²) in [5.41, 5.74) is 6.70. The van der Waals surface area contributed by atoms with Gasteiger partial charge in [-0.2, -0.15) is 0 Å². The molecule has 0 aliphatic heterocycles. The van der Waals surface area contributed by atoms with Crippen LogP contribution in [0, 0.1) is 0 Å². The Bertz CT molecular complexity index is 710. The van der Waals surface area contributed by atoms with Crippen LogP contribution in [0.15, 0.2) is 58.0 Å². The van der Waals surface area contributed by atoms with E-state index < -0.39 is 6.36 Å². The zero-order valence-electron chi connectivity index (χ0n) is 12.2. The van der Waals surface area contributed by atoms with Gasteiger partial charge in [-0.1, -0.05) is 40.2 Å². The van der Waals surface area contributed by atoms with Gasteiger partial charge in [0.1, 0.15) is 0 Å². The van der Waals surface area contributed by atoms with Gasteiger partial charge in [0.05, 0.1) is 12.2 Å². The summed E-state index contributed by atoms with van der Waals surface area (Å²) < 4.78 is 41.9. The molecule has 0 aliphatic rings. The normalized spacial score (nSPS) is 11.6. The fourth-order valence-electron chi connectivity index (χ4n) is 1.77. The van der Waals surface area contributed by atoms with Crippen molar-refractivity contribution in [1.29, 1.82) is 0 Å². The van der Waals surface area contributed by atoms with Gasteiger partial charge in [0.25, 0.3) is 0 Å². The van der Waals surface area contributed by atoms with Crippen molar-refractivity contribution in [1.82, 2.24) is 0 Å². The van der Waals surface area contributed by atoms with E-state index in [1.54, 1.807) is 6.07 Å². The predicted octanol–water partition coefficient (Wildman–Crippen LogP) is 4.89. The quantitative estimate of drug-likeness (QED) is 0.346. The Morgan fingerprint density at radius 1 is 1.17 bits per heavy atom. The molecule has 9 heteroatoms. The highest BCUT2D eigenvalue weighted by molar-refractivity contribution is 14.0. The fourth-order valence-corrected chi connectivity index (χ4v) is 2.22. The molecule has 0 spiro atoms. The van der Waals surface area contributed by atoms with Gasteiger partial charge >= 0.3 is 6.36 Å². The lowest BCUT2D eigenvalue weighted by Crippen LogP contribution is -2.24. The zero-order valence-corrected chi connectivity index (χ0v) is 16.1. The van der Waals surface area contributed by atoms with Crippen LogP contribution >= 0.6 is 39.9 Å². The molecule has 0 heterocycles. The van der Waals surface area contributed by atoms with Crippen LogP contribution in [-0.2, 0) is 6.54 Å². The summed E-state index contributed by atoms with van der Waals surface area (Å²) in [6, 6.07) is 13.1. The number of alkyl halides is 3. The summed E-state index contributed by atoms with van der Waals surface area (Å²) in [5.74, 6) is -0.385. The van der Waals surface area contributed by atoms with Gasteiger partial charge < -0.3 is 15.8 Å². The number of nitrogens with one attached hydrogen (secondary N) is 1. The second-order valence-electron chi connectivity index (χ2n) is 4.50. The number of anilines is 1. The van der Waals surface area contributed by atoms with Gasteiger partial charge in [0.2, 0.25) is 0 Å². The van der Waals surface area contributed by atoms with E-state index in [4.69, 9.17) is 5.73 Å². The van der Waals surface area contributed by atoms with E-state index in [1.165, 1.54) is 18.2 Å². The molecule has 0 aliphatic carbocycles. The third-order valence-electron chi connectivity index (χ3n) is 2.70. The van der Waals surface area contributed by atoms with Crippen molar-refractivity contribution in [3.05, 3.63) is 58.6 Å². The van der Waals surface area contributed by atoms with Crippen LogP contribution in [0.1, 0.15) is 5.56 Å². The molecule has 0 unspecified atom stereocenters. The third-order valence-corrected chi connectivity index (χ3v) is 3.19. The molecule has 2 aromatic rings. The lowest BCUT2D eigenvalue weighted by molar-refractivity contribution is -0.274. The number of nitrogens with two attached hydrogens (primary N) is 1. The Kier molecular flexibility index (Phi) is 7.80. The molecule has 24 heavy (non-hydrogen) atoms. The lowest BCUT2D eigenvalue weighted by Gasteiger charge is -2.14. The number of halogens is 5. The van der Waals surface area contributed by atoms with E-state index in [2.05, 4.69) is 31.0 Å². The van der Waals surface area contributed by atoms with Crippen molar-refractivity contribution in [2.24, 2.45) is 10.7 Å². The van der Waals surface area contributed by atoms with E-state index in [9.17, 15) is 13.2 Å². The standard InChI is InChI=1S/C15H13BrF3N3O.HI/c16-11-5-3-4-10(8-11)9-21-14(20)22-12-6-1-2-7-13(12)23-15(17,18)19;/h1-8H,9H2,(H3,20,21,22);1H. The van der Waals surface area contributed by atoms with Crippen molar-refractivity contribution in [2.45, 2.75) is 12.9 Å². The largest absolute Gasteiger partial charge is 0.573 e. The SMILES string of the molecule is I.NC(=NCc1cccc(Br)c1)Nc1ccccc1OC(F)(F)F. The highest BCUT2D eigenvalue weighted by Crippen LogP contribution is 2.29. The van der Waals surface area contributed by atoms with Gasteiger partial charge in [0, 0.05) is 4.47 Å². The van der Waals surface area contributed by atoms with E-state index in [-0.39, 0.29) is 41.4 Å². The average Bonchev–Trinajstić information content (AvgIpc) is 2.46. The number of hydrogen-bond donors (Lipinski definition) is 2. The Morgan fingerprint density at radius 2 is 1.88 bits per heavy atom. The van der Waals surface area contributed by atoms with Crippen LogP contribution in [-0.4, -0.2) is 12.3 Å². The highest BCUT2D eigenvalue weighted by atomic mass is 127. The smallest absolute Gasteiger partial charge is 0.404 e. The van der Waals surface area contributed by atoms with Crippen molar-refractivity contribution in [2.75, 3.05) is 5.32 Å². The molecule has 0 bridgehead atoms. The fraction of sp³-hybridized carbons (Fsp3) is 0.133. The van der Waals surface area contributed by atoms with Gasteiger partial charge in [-0.05, 0) is 29.8 Å². The molecule has 0 aromatic heterocycles. The van der Waals surface area contributed by atoms with Crippen molar-refractivity contribution < 1.29 is 17.9 Å². The third kappa shape index (κ3) is 6.95. The maximum absolute atomic E-state index is 12.4. The highest BCUT2D eigenvalue weighted by Gasteiger charge is 2.32. The topological polar surface area (TPSA) is 59.6 Å². The van der Waals surface area contributed by atoms with Crippen LogP contribution in [0.25, 0.3) is 0 Å². The monoisotopic (exact) mass is 515 g/mol. The summed E-state index contributed by atoms with van der Waals surface area (Å²) in [4.78, 5) is 4.09. The van der Waals surface area contributed by atoms with Gasteiger partial charge in [-0.25, -0.2) is 4.99 Å². The maximum Gasteiger partial charge on any atom is 0.573 e. The summed E-state index contributed by atoms with van der Waals surface area (Å²) in [6.07, 6.45) is -4.78.